The Bertz CT molecular complexity index is 1370. The van der Waals surface area contributed by atoms with Crippen LogP contribution in [0, 0.1) is 5.82 Å². The Balaban J connectivity index is 1.22. The van der Waals surface area contributed by atoms with Gasteiger partial charge in [-0.3, -0.25) is 19.6 Å². The van der Waals surface area contributed by atoms with Crippen LogP contribution < -0.4 is 19.7 Å². The predicted molar refractivity (Wildman–Crippen MR) is 140 cm³/mol. The summed E-state index contributed by atoms with van der Waals surface area (Å²) < 4.78 is 31.1. The zero-order chi connectivity index (χ0) is 27.4. The molecule has 0 spiro atoms. The lowest BCUT2D eigenvalue weighted by Crippen LogP contribution is -2.28. The van der Waals surface area contributed by atoms with E-state index < -0.39 is 11.9 Å². The second-order valence-electron chi connectivity index (χ2n) is 9.44. The van der Waals surface area contributed by atoms with Crippen LogP contribution in [0.5, 0.6) is 11.6 Å². The molecule has 1 aromatic carbocycles. The van der Waals surface area contributed by atoms with E-state index in [0.717, 1.165) is 0 Å². The summed E-state index contributed by atoms with van der Waals surface area (Å²) in [6.07, 6.45) is 2.25. The van der Waals surface area contributed by atoms with E-state index in [-0.39, 0.29) is 31.8 Å². The van der Waals surface area contributed by atoms with Gasteiger partial charge in [-0.1, -0.05) is 0 Å². The average molecular weight is 540 g/mol. The summed E-state index contributed by atoms with van der Waals surface area (Å²) >= 11 is 0. The van der Waals surface area contributed by atoms with Gasteiger partial charge in [0.15, 0.2) is 6.61 Å². The van der Waals surface area contributed by atoms with Crippen molar-refractivity contribution in [3.63, 3.8) is 0 Å². The summed E-state index contributed by atoms with van der Waals surface area (Å²) in [6.45, 7) is 1.79. The SMILES string of the molecule is COc1ccc2ncc(F)c(CN(CCCO)CCCC3CN(c4ccc5c(c4)NC(=O)CO5)C(=O)O3)c2n1. The fraction of sp³-hybridized carbons (Fsp3) is 0.407. The number of anilines is 2. The van der Waals surface area contributed by atoms with Gasteiger partial charge < -0.3 is 24.6 Å². The lowest BCUT2D eigenvalue weighted by molar-refractivity contribution is -0.118. The number of methoxy groups -OCH3 is 1. The van der Waals surface area contributed by atoms with Gasteiger partial charge >= 0.3 is 6.09 Å². The fourth-order valence-corrected chi connectivity index (χ4v) is 4.79. The summed E-state index contributed by atoms with van der Waals surface area (Å²) in [7, 11) is 1.50. The summed E-state index contributed by atoms with van der Waals surface area (Å²) in [5.74, 6) is 0.225. The molecule has 1 fully saturated rings. The van der Waals surface area contributed by atoms with Gasteiger partial charge in [-0.05, 0) is 50.1 Å². The van der Waals surface area contributed by atoms with Crippen molar-refractivity contribution in [2.45, 2.75) is 31.9 Å². The fourth-order valence-electron chi connectivity index (χ4n) is 4.79. The molecule has 1 atom stereocenters. The first-order valence-electron chi connectivity index (χ1n) is 12.8. The molecule has 2 aliphatic heterocycles. The highest BCUT2D eigenvalue weighted by atomic mass is 19.1. The number of carbonyl (C=O) groups excluding carboxylic acids is 2. The monoisotopic (exact) mass is 539 g/mol. The van der Waals surface area contributed by atoms with Crippen LogP contribution in [0.2, 0.25) is 0 Å². The number of pyridine rings is 2. The number of fused-ring (bicyclic) bond motifs is 2. The molecule has 206 valence electrons. The molecule has 3 aromatic rings. The normalized spacial score (nSPS) is 16.7. The van der Waals surface area contributed by atoms with Crippen LogP contribution in [0.3, 0.4) is 0 Å². The Kier molecular flexibility index (Phi) is 8.03. The number of aromatic nitrogens is 2. The van der Waals surface area contributed by atoms with E-state index in [9.17, 15) is 19.1 Å². The first-order chi connectivity index (χ1) is 18.9. The highest BCUT2D eigenvalue weighted by molar-refractivity contribution is 5.97. The van der Waals surface area contributed by atoms with Crippen molar-refractivity contribution in [2.75, 3.05) is 50.2 Å². The van der Waals surface area contributed by atoms with Crippen LogP contribution >= 0.6 is 0 Å². The van der Waals surface area contributed by atoms with Crippen molar-refractivity contribution in [2.24, 2.45) is 0 Å². The van der Waals surface area contributed by atoms with Gasteiger partial charge in [0.05, 0.1) is 31.1 Å². The molecule has 12 heteroatoms. The number of carbonyl (C=O) groups is 2. The largest absolute Gasteiger partial charge is 0.482 e. The molecule has 1 saturated heterocycles. The standard InChI is InChI=1S/C27H30FN5O6/c1-37-25-8-6-21-26(31-25)19(20(28)13-29-21)15-32(10-3-11-34)9-2-4-18-14-33(27(36)39-18)17-5-7-23-22(12-17)30-24(35)16-38-23/h5-8,12-13,18,34H,2-4,9-11,14-16H2,1H3,(H,30,35). The molecule has 2 N–H and O–H groups in total. The van der Waals surface area contributed by atoms with Crippen molar-refractivity contribution in [1.29, 1.82) is 0 Å². The Labute approximate surface area is 224 Å². The number of aliphatic hydroxyl groups excluding tert-OH is 1. The number of ether oxygens (including phenoxy) is 3. The zero-order valence-electron chi connectivity index (χ0n) is 21.6. The topological polar surface area (TPSA) is 126 Å². The van der Waals surface area contributed by atoms with E-state index in [1.54, 1.807) is 30.3 Å². The van der Waals surface area contributed by atoms with Gasteiger partial charge in [0, 0.05) is 37.0 Å². The maximum atomic E-state index is 14.9. The van der Waals surface area contributed by atoms with Crippen LogP contribution in [0.4, 0.5) is 20.6 Å². The number of amides is 2. The van der Waals surface area contributed by atoms with Crippen LogP contribution in [0.25, 0.3) is 11.0 Å². The second-order valence-corrected chi connectivity index (χ2v) is 9.44. The number of benzene rings is 1. The zero-order valence-corrected chi connectivity index (χ0v) is 21.6. The quantitative estimate of drug-likeness (QED) is 0.378. The third-order valence-electron chi connectivity index (χ3n) is 6.75. The molecule has 2 amide bonds. The van der Waals surface area contributed by atoms with Gasteiger partial charge in [0.2, 0.25) is 5.88 Å². The number of hydrogen-bond donors (Lipinski definition) is 2. The Morgan fingerprint density at radius 2 is 2.08 bits per heavy atom. The van der Waals surface area contributed by atoms with Gasteiger partial charge in [0.25, 0.3) is 5.91 Å². The molecule has 5 rings (SSSR count). The molecule has 2 aliphatic rings. The van der Waals surface area contributed by atoms with E-state index >= 15 is 0 Å². The predicted octanol–water partition coefficient (Wildman–Crippen LogP) is 3.10. The van der Waals surface area contributed by atoms with Crippen LogP contribution in [-0.2, 0) is 16.1 Å². The molecule has 2 aromatic heterocycles. The molecule has 1 unspecified atom stereocenters. The first-order valence-corrected chi connectivity index (χ1v) is 12.8. The molecule has 4 heterocycles. The molecular formula is C27H30FN5O6. The molecule has 0 radical (unpaired) electrons. The van der Waals surface area contributed by atoms with Crippen molar-refractivity contribution in [3.8, 4) is 11.6 Å². The lowest BCUT2D eigenvalue weighted by Gasteiger charge is -2.23. The number of halogens is 1. The Morgan fingerprint density at radius 3 is 2.90 bits per heavy atom. The minimum absolute atomic E-state index is 0.0175. The summed E-state index contributed by atoms with van der Waals surface area (Å²) in [5, 5.41) is 12.1. The highest BCUT2D eigenvalue weighted by Gasteiger charge is 2.33. The Morgan fingerprint density at radius 1 is 1.23 bits per heavy atom. The molecule has 11 nitrogen and oxygen atoms in total. The van der Waals surface area contributed by atoms with E-state index in [4.69, 9.17) is 14.2 Å². The minimum atomic E-state index is -0.454. The van der Waals surface area contributed by atoms with Crippen LogP contribution in [0.15, 0.2) is 36.5 Å². The van der Waals surface area contributed by atoms with Crippen molar-refractivity contribution in [1.82, 2.24) is 14.9 Å². The Hall–Kier alpha value is -4.03. The van der Waals surface area contributed by atoms with E-state index in [1.165, 1.54) is 18.2 Å². The maximum absolute atomic E-state index is 14.9. The molecule has 0 bridgehead atoms. The molecule has 39 heavy (non-hydrogen) atoms. The number of nitrogens with zero attached hydrogens (tertiary/aromatic N) is 4. The van der Waals surface area contributed by atoms with Crippen molar-refractivity contribution in [3.05, 3.63) is 47.9 Å². The van der Waals surface area contributed by atoms with Crippen LogP contribution in [-0.4, -0.2) is 78.0 Å². The maximum Gasteiger partial charge on any atom is 0.414 e. The third kappa shape index (κ3) is 6.02. The van der Waals surface area contributed by atoms with E-state index in [2.05, 4.69) is 20.2 Å². The van der Waals surface area contributed by atoms with E-state index in [1.807, 2.05) is 0 Å². The smallest absolute Gasteiger partial charge is 0.414 e. The molecule has 0 saturated carbocycles. The summed E-state index contributed by atoms with van der Waals surface area (Å²) in [4.78, 5) is 36.4. The number of hydrogen-bond acceptors (Lipinski definition) is 9. The second kappa shape index (κ2) is 11.8. The first kappa shape index (κ1) is 26.6. The summed E-state index contributed by atoms with van der Waals surface area (Å²) in [5.41, 5.74) is 2.55. The van der Waals surface area contributed by atoms with Crippen molar-refractivity contribution < 1.29 is 33.3 Å². The van der Waals surface area contributed by atoms with Crippen molar-refractivity contribution >= 4 is 34.4 Å². The van der Waals surface area contributed by atoms with Crippen LogP contribution in [0.1, 0.15) is 24.8 Å². The number of aliphatic hydroxyl groups is 1. The van der Waals surface area contributed by atoms with Gasteiger partial charge in [-0.2, -0.15) is 0 Å². The minimum Gasteiger partial charge on any atom is -0.482 e. The highest BCUT2D eigenvalue weighted by Crippen LogP contribution is 2.34. The lowest BCUT2D eigenvalue weighted by atomic mass is 10.1. The number of nitrogens with one attached hydrogen (secondary N) is 1. The van der Waals surface area contributed by atoms with Gasteiger partial charge in [0.1, 0.15) is 23.2 Å². The molecule has 0 aliphatic carbocycles. The number of rotatable bonds is 11. The van der Waals surface area contributed by atoms with E-state index in [0.29, 0.717) is 78.5 Å². The third-order valence-corrected chi connectivity index (χ3v) is 6.75. The average Bonchev–Trinajstić information content (AvgIpc) is 3.32. The number of cyclic esters (lactones) is 1. The molecular weight excluding hydrogens is 509 g/mol. The van der Waals surface area contributed by atoms with Gasteiger partial charge in [-0.15, -0.1) is 0 Å². The summed E-state index contributed by atoms with van der Waals surface area (Å²) in [6, 6.07) is 8.60. The van der Waals surface area contributed by atoms with Gasteiger partial charge in [-0.25, -0.2) is 14.2 Å².